The molecule has 0 saturated heterocycles. The van der Waals surface area contributed by atoms with Gasteiger partial charge in [0.2, 0.25) is 0 Å². The number of hydrogen-bond acceptors (Lipinski definition) is 6. The summed E-state index contributed by atoms with van der Waals surface area (Å²) in [6, 6.07) is 4.40. The standard InChI is InChI=1S/C18H21N3O6/c1-10(2)8-13(17(25)27-9-14(22)20-18(26)19-3)21-15(23)11-6-4-5-7-12(11)16(21)24/h4-7,10,13H,8-9H2,1-3H3,(H2,19,20,22,26)/t13-/m1/s1. The van der Waals surface area contributed by atoms with Gasteiger partial charge in [0.15, 0.2) is 6.61 Å². The molecule has 1 aliphatic rings. The Kier molecular flexibility index (Phi) is 6.27. The molecule has 0 spiro atoms. The molecule has 0 bridgehead atoms. The zero-order valence-electron chi connectivity index (χ0n) is 15.3. The first-order chi connectivity index (χ1) is 12.8. The largest absolute Gasteiger partial charge is 0.454 e. The van der Waals surface area contributed by atoms with Crippen LogP contribution >= 0.6 is 0 Å². The van der Waals surface area contributed by atoms with Crippen LogP contribution in [0.2, 0.25) is 0 Å². The molecular formula is C18H21N3O6. The van der Waals surface area contributed by atoms with E-state index in [1.54, 1.807) is 12.1 Å². The molecule has 0 saturated carbocycles. The number of rotatable bonds is 6. The number of carbonyl (C=O) groups is 5. The molecule has 0 fully saturated rings. The van der Waals surface area contributed by atoms with E-state index in [0.717, 1.165) is 4.90 Å². The van der Waals surface area contributed by atoms with Crippen LogP contribution in [0.15, 0.2) is 24.3 Å². The van der Waals surface area contributed by atoms with Crippen LogP contribution < -0.4 is 10.6 Å². The number of benzene rings is 1. The minimum absolute atomic E-state index is 0.0217. The number of imide groups is 2. The van der Waals surface area contributed by atoms with E-state index in [1.807, 2.05) is 19.2 Å². The van der Waals surface area contributed by atoms with E-state index in [-0.39, 0.29) is 23.5 Å². The van der Waals surface area contributed by atoms with Gasteiger partial charge in [0.25, 0.3) is 17.7 Å². The molecule has 9 nitrogen and oxygen atoms in total. The van der Waals surface area contributed by atoms with Crippen molar-refractivity contribution in [1.29, 1.82) is 0 Å². The van der Waals surface area contributed by atoms with Gasteiger partial charge in [-0.25, -0.2) is 9.59 Å². The van der Waals surface area contributed by atoms with Gasteiger partial charge >= 0.3 is 12.0 Å². The molecule has 1 aromatic carbocycles. The summed E-state index contributed by atoms with van der Waals surface area (Å²) in [7, 11) is 1.33. The highest BCUT2D eigenvalue weighted by atomic mass is 16.5. The van der Waals surface area contributed by atoms with Gasteiger partial charge in [-0.1, -0.05) is 26.0 Å². The number of fused-ring (bicyclic) bond motifs is 1. The molecular weight excluding hydrogens is 354 g/mol. The number of ether oxygens (including phenoxy) is 1. The van der Waals surface area contributed by atoms with E-state index in [4.69, 9.17) is 4.74 Å². The Morgan fingerprint density at radius 2 is 1.63 bits per heavy atom. The lowest BCUT2D eigenvalue weighted by Gasteiger charge is -2.25. The van der Waals surface area contributed by atoms with Gasteiger partial charge in [0.1, 0.15) is 6.04 Å². The monoisotopic (exact) mass is 375 g/mol. The fourth-order valence-corrected chi connectivity index (χ4v) is 2.70. The zero-order valence-corrected chi connectivity index (χ0v) is 15.3. The van der Waals surface area contributed by atoms with Gasteiger partial charge in [-0.05, 0) is 24.5 Å². The molecule has 1 atom stereocenters. The van der Waals surface area contributed by atoms with E-state index in [9.17, 15) is 24.0 Å². The van der Waals surface area contributed by atoms with Crippen molar-refractivity contribution in [2.24, 2.45) is 5.92 Å². The van der Waals surface area contributed by atoms with Gasteiger partial charge in [0, 0.05) is 7.05 Å². The summed E-state index contributed by atoms with van der Waals surface area (Å²) >= 11 is 0. The van der Waals surface area contributed by atoms with Crippen molar-refractivity contribution in [3.05, 3.63) is 35.4 Å². The van der Waals surface area contributed by atoms with Crippen LogP contribution in [0, 0.1) is 5.92 Å². The van der Waals surface area contributed by atoms with Gasteiger partial charge in [-0.15, -0.1) is 0 Å². The van der Waals surface area contributed by atoms with Crippen LogP contribution in [0.5, 0.6) is 0 Å². The number of nitrogens with zero attached hydrogens (tertiary/aromatic N) is 1. The average Bonchev–Trinajstić information content (AvgIpc) is 2.88. The Bertz CT molecular complexity index is 754. The van der Waals surface area contributed by atoms with E-state index >= 15 is 0 Å². The highest BCUT2D eigenvalue weighted by Crippen LogP contribution is 2.27. The van der Waals surface area contributed by atoms with E-state index in [0.29, 0.717) is 0 Å². The lowest BCUT2D eigenvalue weighted by molar-refractivity contribution is -0.152. The number of urea groups is 1. The van der Waals surface area contributed by atoms with Crippen LogP contribution in [0.25, 0.3) is 0 Å². The van der Waals surface area contributed by atoms with Crippen LogP contribution in [-0.2, 0) is 14.3 Å². The number of esters is 1. The topological polar surface area (TPSA) is 122 Å². The molecule has 2 N–H and O–H groups in total. The predicted octanol–water partition coefficient (Wildman–Crippen LogP) is 0.696. The second-order valence-electron chi connectivity index (χ2n) is 6.41. The van der Waals surface area contributed by atoms with Gasteiger partial charge in [-0.3, -0.25) is 24.6 Å². The fourth-order valence-electron chi connectivity index (χ4n) is 2.70. The van der Waals surface area contributed by atoms with E-state index in [2.05, 4.69) is 5.32 Å². The molecule has 1 aromatic rings. The first-order valence-electron chi connectivity index (χ1n) is 8.41. The SMILES string of the molecule is CNC(=O)NC(=O)COC(=O)[C@@H](CC(C)C)N1C(=O)c2ccccc2C1=O. The van der Waals surface area contributed by atoms with Crippen molar-refractivity contribution in [2.75, 3.05) is 13.7 Å². The smallest absolute Gasteiger partial charge is 0.329 e. The Morgan fingerprint density at radius 1 is 1.07 bits per heavy atom. The number of amides is 5. The van der Waals surface area contributed by atoms with Crippen molar-refractivity contribution in [2.45, 2.75) is 26.3 Å². The second kappa shape index (κ2) is 8.43. The summed E-state index contributed by atoms with van der Waals surface area (Å²) in [5.74, 6) is -2.88. The molecule has 27 heavy (non-hydrogen) atoms. The maximum atomic E-state index is 12.6. The van der Waals surface area contributed by atoms with Gasteiger partial charge in [-0.2, -0.15) is 0 Å². The molecule has 0 radical (unpaired) electrons. The maximum absolute atomic E-state index is 12.6. The molecule has 2 rings (SSSR count). The first kappa shape index (κ1) is 20.1. The van der Waals surface area contributed by atoms with Crippen molar-refractivity contribution >= 4 is 29.7 Å². The van der Waals surface area contributed by atoms with Crippen LogP contribution in [-0.4, -0.2) is 54.3 Å². The van der Waals surface area contributed by atoms with E-state index < -0.39 is 42.4 Å². The van der Waals surface area contributed by atoms with Crippen LogP contribution in [0.4, 0.5) is 4.79 Å². The normalized spacial score (nSPS) is 14.0. The van der Waals surface area contributed by atoms with Crippen molar-refractivity contribution in [1.82, 2.24) is 15.5 Å². The van der Waals surface area contributed by atoms with Crippen molar-refractivity contribution < 1.29 is 28.7 Å². The third-order valence-corrected chi connectivity index (χ3v) is 3.93. The quantitative estimate of drug-likeness (QED) is 0.557. The highest BCUT2D eigenvalue weighted by molar-refractivity contribution is 6.22. The highest BCUT2D eigenvalue weighted by Gasteiger charge is 2.43. The molecule has 1 heterocycles. The van der Waals surface area contributed by atoms with Crippen molar-refractivity contribution in [3.63, 3.8) is 0 Å². The van der Waals surface area contributed by atoms with Crippen molar-refractivity contribution in [3.8, 4) is 0 Å². The summed E-state index contributed by atoms with van der Waals surface area (Å²) in [6.07, 6.45) is 0.182. The Hall–Kier alpha value is -3.23. The van der Waals surface area contributed by atoms with Crippen LogP contribution in [0.1, 0.15) is 41.0 Å². The minimum Gasteiger partial charge on any atom is -0.454 e. The lowest BCUT2D eigenvalue weighted by Crippen LogP contribution is -2.47. The third kappa shape index (κ3) is 4.49. The molecule has 144 valence electrons. The average molecular weight is 375 g/mol. The van der Waals surface area contributed by atoms with Gasteiger partial charge in [0.05, 0.1) is 11.1 Å². The Balaban J connectivity index is 2.15. The molecule has 0 aliphatic carbocycles. The van der Waals surface area contributed by atoms with Crippen LogP contribution in [0.3, 0.4) is 0 Å². The predicted molar refractivity (Wildman–Crippen MR) is 93.7 cm³/mol. The first-order valence-corrected chi connectivity index (χ1v) is 8.41. The number of hydrogen-bond donors (Lipinski definition) is 2. The molecule has 9 heteroatoms. The Labute approximate surface area is 156 Å². The third-order valence-electron chi connectivity index (χ3n) is 3.93. The molecule has 1 aliphatic heterocycles. The second-order valence-corrected chi connectivity index (χ2v) is 6.41. The summed E-state index contributed by atoms with van der Waals surface area (Å²) in [6.45, 7) is 2.96. The lowest BCUT2D eigenvalue weighted by atomic mass is 10.0. The maximum Gasteiger partial charge on any atom is 0.329 e. The van der Waals surface area contributed by atoms with E-state index in [1.165, 1.54) is 19.2 Å². The fraction of sp³-hybridized carbons (Fsp3) is 0.389. The molecule has 0 aromatic heterocycles. The number of nitrogens with one attached hydrogen (secondary N) is 2. The van der Waals surface area contributed by atoms with Gasteiger partial charge < -0.3 is 10.1 Å². The summed E-state index contributed by atoms with van der Waals surface area (Å²) in [4.78, 5) is 61.3. The minimum atomic E-state index is -1.16. The molecule has 0 unspecified atom stereocenters. The summed E-state index contributed by atoms with van der Waals surface area (Å²) < 4.78 is 4.94. The molecule has 5 amide bonds. The zero-order chi connectivity index (χ0) is 20.1. The summed E-state index contributed by atoms with van der Waals surface area (Å²) in [5, 5.41) is 4.14. The number of carbonyl (C=O) groups excluding carboxylic acids is 5. The summed E-state index contributed by atoms with van der Waals surface area (Å²) in [5.41, 5.74) is 0.447. The Morgan fingerprint density at radius 3 is 2.11 bits per heavy atom.